The first-order chi connectivity index (χ1) is 17.8. The standard InChI is InChI=1S/C26H39NO11/c1-8-16(5)34-25(30)37-21-11-10-19(13-22(21)38-26(31)35-17(6)9-2)12-20(27)23(28)32-14-18(7)36-24(29)33-15(3)4/h10-11,13,15-18,20H,8-9,12,14,27H2,1-7H3/t16?,17?,18-,20-/m0/s1. The molecule has 1 rings (SSSR count). The molecule has 2 N–H and O–H groups in total. The van der Waals surface area contributed by atoms with Gasteiger partial charge in [-0.25, -0.2) is 14.4 Å². The number of hydrogen-bond donors (Lipinski definition) is 1. The van der Waals surface area contributed by atoms with E-state index in [4.69, 9.17) is 38.9 Å². The minimum atomic E-state index is -1.09. The number of rotatable bonds is 13. The van der Waals surface area contributed by atoms with E-state index in [9.17, 15) is 19.2 Å². The first kappa shape index (κ1) is 32.5. The predicted molar refractivity (Wildman–Crippen MR) is 135 cm³/mol. The Hall–Kier alpha value is -3.54. The third-order valence-electron chi connectivity index (χ3n) is 4.99. The van der Waals surface area contributed by atoms with Crippen LogP contribution >= 0.6 is 0 Å². The van der Waals surface area contributed by atoms with Crippen LogP contribution in [-0.2, 0) is 34.9 Å². The molecule has 0 saturated carbocycles. The van der Waals surface area contributed by atoms with E-state index in [-0.39, 0.29) is 36.7 Å². The van der Waals surface area contributed by atoms with Crippen LogP contribution in [0.4, 0.5) is 14.4 Å². The molecule has 12 nitrogen and oxygen atoms in total. The SMILES string of the molecule is CCC(C)OC(=O)Oc1ccc(C[C@H](N)C(=O)OC[C@H](C)OC(=O)OC(C)C)cc1OC(=O)OC(C)CC. The van der Waals surface area contributed by atoms with E-state index in [1.54, 1.807) is 33.8 Å². The summed E-state index contributed by atoms with van der Waals surface area (Å²) < 4.78 is 35.7. The number of carbonyl (C=O) groups is 4. The number of hydrogen-bond acceptors (Lipinski definition) is 12. The van der Waals surface area contributed by atoms with E-state index >= 15 is 0 Å². The highest BCUT2D eigenvalue weighted by Gasteiger charge is 2.22. The van der Waals surface area contributed by atoms with Gasteiger partial charge in [-0.3, -0.25) is 4.79 Å². The van der Waals surface area contributed by atoms with Gasteiger partial charge in [0.15, 0.2) is 11.5 Å². The van der Waals surface area contributed by atoms with Crippen molar-refractivity contribution in [2.45, 2.75) is 98.2 Å². The molecule has 0 heterocycles. The third kappa shape index (κ3) is 12.6. The van der Waals surface area contributed by atoms with Gasteiger partial charge in [0.05, 0.1) is 6.10 Å². The van der Waals surface area contributed by atoms with Crippen LogP contribution in [0.5, 0.6) is 11.5 Å². The summed E-state index contributed by atoms with van der Waals surface area (Å²) in [5.74, 6) is -0.949. The normalized spacial score (nSPS) is 13.9. The average molecular weight is 542 g/mol. The maximum atomic E-state index is 12.4. The van der Waals surface area contributed by atoms with Gasteiger partial charge in [0.1, 0.15) is 31.0 Å². The van der Waals surface area contributed by atoms with Crippen molar-refractivity contribution in [3.05, 3.63) is 23.8 Å². The summed E-state index contributed by atoms with van der Waals surface area (Å²) in [5, 5.41) is 0. The van der Waals surface area contributed by atoms with Gasteiger partial charge in [-0.2, -0.15) is 0 Å². The van der Waals surface area contributed by atoms with E-state index in [0.29, 0.717) is 18.4 Å². The molecule has 0 aliphatic carbocycles. The lowest BCUT2D eigenvalue weighted by molar-refractivity contribution is -0.148. The quantitative estimate of drug-likeness (QED) is 0.209. The Kier molecular flexibility index (Phi) is 14.0. The van der Waals surface area contributed by atoms with Gasteiger partial charge in [-0.05, 0) is 71.6 Å². The van der Waals surface area contributed by atoms with Crippen LogP contribution < -0.4 is 15.2 Å². The Morgan fingerprint density at radius 2 is 1.26 bits per heavy atom. The average Bonchev–Trinajstić information content (AvgIpc) is 2.83. The lowest BCUT2D eigenvalue weighted by Gasteiger charge is -2.17. The Morgan fingerprint density at radius 1 is 0.737 bits per heavy atom. The van der Waals surface area contributed by atoms with E-state index in [1.807, 2.05) is 13.8 Å². The van der Waals surface area contributed by atoms with Gasteiger partial charge in [0.25, 0.3) is 0 Å². The van der Waals surface area contributed by atoms with Crippen molar-refractivity contribution in [3.63, 3.8) is 0 Å². The summed E-state index contributed by atoms with van der Waals surface area (Å²) in [6, 6.07) is 3.23. The van der Waals surface area contributed by atoms with Gasteiger partial charge >= 0.3 is 24.4 Å². The predicted octanol–water partition coefficient (Wildman–Crippen LogP) is 4.68. The molecular formula is C26H39NO11. The molecule has 0 fully saturated rings. The molecule has 0 spiro atoms. The molecule has 0 aliphatic heterocycles. The topological polar surface area (TPSA) is 159 Å². The fourth-order valence-electron chi connectivity index (χ4n) is 2.63. The van der Waals surface area contributed by atoms with Gasteiger partial charge < -0.3 is 38.9 Å². The highest BCUT2D eigenvalue weighted by molar-refractivity contribution is 5.76. The molecular weight excluding hydrogens is 502 g/mol. The smallest absolute Gasteiger partial charge is 0.461 e. The minimum absolute atomic E-state index is 0.00215. The zero-order valence-electron chi connectivity index (χ0n) is 23.0. The van der Waals surface area contributed by atoms with Gasteiger partial charge in [0.2, 0.25) is 0 Å². The second kappa shape index (κ2) is 16.3. The molecule has 1 aromatic rings. The second-order valence-corrected chi connectivity index (χ2v) is 8.94. The van der Waals surface area contributed by atoms with Gasteiger partial charge in [-0.15, -0.1) is 0 Å². The number of esters is 1. The molecule has 0 bridgehead atoms. The third-order valence-corrected chi connectivity index (χ3v) is 4.99. The molecule has 0 amide bonds. The lowest BCUT2D eigenvalue weighted by Crippen LogP contribution is -2.36. The summed E-state index contributed by atoms with van der Waals surface area (Å²) in [7, 11) is 0. The van der Waals surface area contributed by atoms with E-state index in [2.05, 4.69) is 0 Å². The van der Waals surface area contributed by atoms with Crippen molar-refractivity contribution < 1.29 is 52.3 Å². The minimum Gasteiger partial charge on any atom is -0.461 e. The summed E-state index contributed by atoms with van der Waals surface area (Å²) in [6.07, 6.45) is -3.56. The molecule has 0 saturated heterocycles. The van der Waals surface area contributed by atoms with Crippen molar-refractivity contribution in [3.8, 4) is 11.5 Å². The molecule has 38 heavy (non-hydrogen) atoms. The van der Waals surface area contributed by atoms with Crippen molar-refractivity contribution >= 4 is 24.4 Å². The number of benzene rings is 1. The van der Waals surface area contributed by atoms with Gasteiger partial charge in [0, 0.05) is 0 Å². The maximum absolute atomic E-state index is 12.4. The van der Waals surface area contributed by atoms with Crippen LogP contribution in [0.15, 0.2) is 18.2 Å². The van der Waals surface area contributed by atoms with E-state index < -0.39 is 42.7 Å². The molecule has 0 aromatic heterocycles. The fraction of sp³-hybridized carbons (Fsp3) is 0.615. The molecule has 2 unspecified atom stereocenters. The molecule has 0 radical (unpaired) electrons. The zero-order valence-corrected chi connectivity index (χ0v) is 23.0. The van der Waals surface area contributed by atoms with E-state index in [0.717, 1.165) is 0 Å². The number of ether oxygens (including phenoxy) is 7. The Bertz CT molecular complexity index is 934. The molecule has 1 aromatic carbocycles. The summed E-state index contributed by atoms with van der Waals surface area (Å²) >= 11 is 0. The molecule has 0 aliphatic rings. The largest absolute Gasteiger partial charge is 0.514 e. The van der Waals surface area contributed by atoms with Crippen LogP contribution in [0, 0.1) is 0 Å². The van der Waals surface area contributed by atoms with Crippen molar-refractivity contribution in [1.29, 1.82) is 0 Å². The van der Waals surface area contributed by atoms with Crippen LogP contribution in [-0.4, -0.2) is 61.5 Å². The first-order valence-electron chi connectivity index (χ1n) is 12.5. The maximum Gasteiger partial charge on any atom is 0.514 e. The number of carbonyl (C=O) groups excluding carboxylic acids is 4. The van der Waals surface area contributed by atoms with Crippen LogP contribution in [0.25, 0.3) is 0 Å². The highest BCUT2D eigenvalue weighted by atomic mass is 16.8. The fourth-order valence-corrected chi connectivity index (χ4v) is 2.63. The van der Waals surface area contributed by atoms with Crippen molar-refractivity contribution in [1.82, 2.24) is 0 Å². The summed E-state index contributed by atoms with van der Waals surface area (Å²) in [4.78, 5) is 48.2. The molecule has 214 valence electrons. The zero-order chi connectivity index (χ0) is 28.8. The van der Waals surface area contributed by atoms with Gasteiger partial charge in [-0.1, -0.05) is 19.9 Å². The monoisotopic (exact) mass is 541 g/mol. The number of nitrogens with two attached hydrogens (primary N) is 1. The molecule has 4 atom stereocenters. The Morgan fingerprint density at radius 3 is 1.79 bits per heavy atom. The van der Waals surface area contributed by atoms with Crippen molar-refractivity contribution in [2.24, 2.45) is 5.73 Å². The van der Waals surface area contributed by atoms with E-state index in [1.165, 1.54) is 19.1 Å². The summed E-state index contributed by atoms with van der Waals surface area (Å²) in [5.41, 5.74) is 6.46. The highest BCUT2D eigenvalue weighted by Crippen LogP contribution is 2.30. The second-order valence-electron chi connectivity index (χ2n) is 8.94. The lowest BCUT2D eigenvalue weighted by atomic mass is 10.1. The Labute approximate surface area is 223 Å². The van der Waals surface area contributed by atoms with Crippen LogP contribution in [0.1, 0.15) is 66.9 Å². The Balaban J connectivity index is 2.88. The first-order valence-corrected chi connectivity index (χ1v) is 12.5. The van der Waals surface area contributed by atoms with Crippen LogP contribution in [0.2, 0.25) is 0 Å². The van der Waals surface area contributed by atoms with Crippen molar-refractivity contribution in [2.75, 3.05) is 6.61 Å². The molecule has 12 heteroatoms. The van der Waals surface area contributed by atoms with Crippen LogP contribution in [0.3, 0.4) is 0 Å². The summed E-state index contributed by atoms with van der Waals surface area (Å²) in [6.45, 7) is 11.7.